The molecular formula is C21H35N3O3S. The van der Waals surface area contributed by atoms with Crippen LogP contribution in [0.5, 0.6) is 0 Å². The van der Waals surface area contributed by atoms with Crippen molar-refractivity contribution in [2.45, 2.75) is 77.6 Å². The quantitative estimate of drug-likeness (QED) is 0.614. The van der Waals surface area contributed by atoms with Crippen LogP contribution in [0.15, 0.2) is 18.2 Å². The van der Waals surface area contributed by atoms with Gasteiger partial charge in [-0.05, 0) is 90.0 Å². The molecule has 28 heavy (non-hydrogen) atoms. The largest absolute Gasteiger partial charge is 0.385 e. The molecular weight excluding hydrogens is 374 g/mol. The van der Waals surface area contributed by atoms with Gasteiger partial charge < -0.3 is 10.6 Å². The van der Waals surface area contributed by atoms with E-state index in [1.807, 2.05) is 39.0 Å². The molecule has 0 heterocycles. The van der Waals surface area contributed by atoms with Crippen molar-refractivity contribution in [2.24, 2.45) is 5.92 Å². The lowest BCUT2D eigenvalue weighted by Crippen LogP contribution is -2.41. The van der Waals surface area contributed by atoms with Gasteiger partial charge in [0, 0.05) is 29.9 Å². The molecule has 1 saturated carbocycles. The fourth-order valence-corrected chi connectivity index (χ4v) is 4.43. The van der Waals surface area contributed by atoms with Crippen molar-refractivity contribution in [1.29, 1.82) is 0 Å². The second-order valence-corrected chi connectivity index (χ2v) is 10.7. The molecule has 1 aromatic carbocycles. The number of sulfonamides is 1. The number of rotatable bonds is 8. The maximum absolute atomic E-state index is 12.1. The molecule has 7 heteroatoms. The standard InChI is InChI=1S/C21H35N3O3S/c1-14(2)23-21(25)18-8-11-20(16(5)12-18)22-13-17-6-9-19(10-7-17)24-28(26,27)15(3)4/h8,11-12,14-15,17,19,22,24H,6-7,9-10,13H2,1-5H3,(H,23,25)/t17-,19-. The van der Waals surface area contributed by atoms with Crippen LogP contribution in [0.3, 0.4) is 0 Å². The number of hydrogen-bond acceptors (Lipinski definition) is 4. The summed E-state index contributed by atoms with van der Waals surface area (Å²) in [6.07, 6.45) is 3.77. The van der Waals surface area contributed by atoms with E-state index in [1.165, 1.54) is 0 Å². The summed E-state index contributed by atoms with van der Waals surface area (Å²) >= 11 is 0. The van der Waals surface area contributed by atoms with Gasteiger partial charge in [-0.3, -0.25) is 4.79 Å². The maximum Gasteiger partial charge on any atom is 0.251 e. The summed E-state index contributed by atoms with van der Waals surface area (Å²) < 4.78 is 26.9. The van der Waals surface area contributed by atoms with E-state index in [1.54, 1.807) is 13.8 Å². The van der Waals surface area contributed by atoms with Crippen molar-refractivity contribution < 1.29 is 13.2 Å². The predicted molar refractivity (Wildman–Crippen MR) is 115 cm³/mol. The molecule has 0 aliphatic heterocycles. The number of aryl methyl sites for hydroxylation is 1. The lowest BCUT2D eigenvalue weighted by atomic mass is 9.86. The molecule has 158 valence electrons. The van der Waals surface area contributed by atoms with E-state index in [-0.39, 0.29) is 23.2 Å². The summed E-state index contributed by atoms with van der Waals surface area (Å²) in [4.78, 5) is 12.1. The Morgan fingerprint density at radius 3 is 2.29 bits per heavy atom. The number of hydrogen-bond donors (Lipinski definition) is 3. The highest BCUT2D eigenvalue weighted by Gasteiger charge is 2.26. The maximum atomic E-state index is 12.1. The first kappa shape index (κ1) is 22.7. The van der Waals surface area contributed by atoms with E-state index in [0.29, 0.717) is 11.5 Å². The average Bonchev–Trinajstić information content (AvgIpc) is 2.61. The summed E-state index contributed by atoms with van der Waals surface area (Å²) in [5.74, 6) is 0.481. The zero-order chi connectivity index (χ0) is 20.9. The third-order valence-electron chi connectivity index (χ3n) is 5.29. The van der Waals surface area contributed by atoms with E-state index in [9.17, 15) is 13.2 Å². The minimum absolute atomic E-state index is 0.0492. The second-order valence-electron chi connectivity index (χ2n) is 8.47. The van der Waals surface area contributed by atoms with Gasteiger partial charge in [0.05, 0.1) is 5.25 Å². The summed E-state index contributed by atoms with van der Waals surface area (Å²) in [5.41, 5.74) is 2.77. The molecule has 0 aromatic heterocycles. The van der Waals surface area contributed by atoms with E-state index in [0.717, 1.165) is 43.5 Å². The molecule has 0 bridgehead atoms. The predicted octanol–water partition coefficient (Wildman–Crippen LogP) is 3.43. The minimum atomic E-state index is -3.19. The highest BCUT2D eigenvalue weighted by molar-refractivity contribution is 7.90. The molecule has 0 unspecified atom stereocenters. The first-order chi connectivity index (χ1) is 13.1. The van der Waals surface area contributed by atoms with Crippen LogP contribution in [-0.2, 0) is 10.0 Å². The van der Waals surface area contributed by atoms with Gasteiger partial charge in [0.2, 0.25) is 10.0 Å². The molecule has 2 rings (SSSR count). The topological polar surface area (TPSA) is 87.3 Å². The van der Waals surface area contributed by atoms with Crippen LogP contribution in [0.2, 0.25) is 0 Å². The first-order valence-electron chi connectivity index (χ1n) is 10.2. The molecule has 0 radical (unpaired) electrons. The Morgan fingerprint density at radius 1 is 1.11 bits per heavy atom. The van der Waals surface area contributed by atoms with Crippen molar-refractivity contribution in [2.75, 3.05) is 11.9 Å². The second kappa shape index (κ2) is 9.74. The number of benzene rings is 1. The van der Waals surface area contributed by atoms with Crippen molar-refractivity contribution in [3.63, 3.8) is 0 Å². The lowest BCUT2D eigenvalue weighted by Gasteiger charge is -2.30. The fourth-order valence-electron chi connectivity index (χ4n) is 3.46. The number of carbonyl (C=O) groups is 1. The molecule has 1 fully saturated rings. The van der Waals surface area contributed by atoms with Crippen LogP contribution >= 0.6 is 0 Å². The lowest BCUT2D eigenvalue weighted by molar-refractivity contribution is 0.0943. The molecule has 1 amide bonds. The van der Waals surface area contributed by atoms with Crippen LogP contribution in [0, 0.1) is 12.8 Å². The molecule has 0 spiro atoms. The number of carbonyl (C=O) groups excluding carboxylic acids is 1. The van der Waals surface area contributed by atoms with Crippen LogP contribution in [-0.4, -0.2) is 38.2 Å². The molecule has 3 N–H and O–H groups in total. The Balaban J connectivity index is 1.83. The van der Waals surface area contributed by atoms with Crippen LogP contribution in [0.25, 0.3) is 0 Å². The van der Waals surface area contributed by atoms with E-state index < -0.39 is 10.0 Å². The number of nitrogens with one attached hydrogen (secondary N) is 3. The normalized spacial score (nSPS) is 20.4. The molecule has 0 atom stereocenters. The zero-order valence-electron chi connectivity index (χ0n) is 17.7. The van der Waals surface area contributed by atoms with Gasteiger partial charge in [-0.15, -0.1) is 0 Å². The number of anilines is 1. The summed E-state index contributed by atoms with van der Waals surface area (Å²) in [6, 6.07) is 5.91. The van der Waals surface area contributed by atoms with Gasteiger partial charge >= 0.3 is 0 Å². The van der Waals surface area contributed by atoms with Gasteiger partial charge in [-0.25, -0.2) is 13.1 Å². The SMILES string of the molecule is Cc1cc(C(=O)NC(C)C)ccc1NC[C@H]1CC[C@H](NS(=O)(=O)C(C)C)CC1. The van der Waals surface area contributed by atoms with E-state index in [4.69, 9.17) is 0 Å². The van der Waals surface area contributed by atoms with Crippen molar-refractivity contribution in [3.8, 4) is 0 Å². The Hall–Kier alpha value is -1.60. The van der Waals surface area contributed by atoms with Gasteiger partial charge in [-0.2, -0.15) is 0 Å². The molecule has 0 saturated heterocycles. The third-order valence-corrected chi connectivity index (χ3v) is 7.19. The third kappa shape index (κ3) is 6.48. The van der Waals surface area contributed by atoms with Gasteiger partial charge in [0.1, 0.15) is 0 Å². The van der Waals surface area contributed by atoms with Gasteiger partial charge in [0.15, 0.2) is 0 Å². The Bertz CT molecular complexity index is 767. The Kier molecular flexibility index (Phi) is 7.89. The number of amides is 1. The highest BCUT2D eigenvalue weighted by atomic mass is 32.2. The smallest absolute Gasteiger partial charge is 0.251 e. The van der Waals surface area contributed by atoms with Crippen LogP contribution in [0.1, 0.15) is 69.3 Å². The van der Waals surface area contributed by atoms with Gasteiger partial charge in [-0.1, -0.05) is 0 Å². The average molecular weight is 410 g/mol. The van der Waals surface area contributed by atoms with Crippen molar-refractivity contribution >= 4 is 21.6 Å². The molecule has 1 aliphatic carbocycles. The van der Waals surface area contributed by atoms with Gasteiger partial charge in [0.25, 0.3) is 5.91 Å². The van der Waals surface area contributed by atoms with Crippen molar-refractivity contribution in [1.82, 2.24) is 10.0 Å². The summed E-state index contributed by atoms with van der Waals surface area (Å²) in [5, 5.41) is 6.02. The summed E-state index contributed by atoms with van der Waals surface area (Å²) in [7, 11) is -3.19. The highest BCUT2D eigenvalue weighted by Crippen LogP contribution is 2.26. The van der Waals surface area contributed by atoms with Crippen LogP contribution in [0.4, 0.5) is 5.69 Å². The fraction of sp³-hybridized carbons (Fsp3) is 0.667. The van der Waals surface area contributed by atoms with Crippen LogP contribution < -0.4 is 15.4 Å². The Morgan fingerprint density at radius 2 is 1.75 bits per heavy atom. The Labute approximate surface area is 169 Å². The first-order valence-corrected chi connectivity index (χ1v) is 11.8. The monoisotopic (exact) mass is 409 g/mol. The van der Waals surface area contributed by atoms with E-state index in [2.05, 4.69) is 15.4 Å². The van der Waals surface area contributed by atoms with Crippen molar-refractivity contribution in [3.05, 3.63) is 29.3 Å². The van der Waals surface area contributed by atoms with E-state index >= 15 is 0 Å². The molecule has 6 nitrogen and oxygen atoms in total. The molecule has 1 aromatic rings. The summed E-state index contributed by atoms with van der Waals surface area (Å²) in [6.45, 7) is 10.2. The minimum Gasteiger partial charge on any atom is -0.385 e. The molecule has 1 aliphatic rings. The zero-order valence-corrected chi connectivity index (χ0v) is 18.5.